The minimum atomic E-state index is -0.888. The highest BCUT2D eigenvalue weighted by atomic mass is 16.4. The molecule has 0 amide bonds. The second kappa shape index (κ2) is 4.61. The maximum Gasteiger partial charge on any atom is 0.335 e. The van der Waals surface area contributed by atoms with E-state index in [0.717, 1.165) is 37.2 Å². The molecule has 0 atom stereocenters. The monoisotopic (exact) mass is 249 g/mol. The Labute approximate surface area is 107 Å². The first-order chi connectivity index (χ1) is 8.39. The Morgan fingerprint density at radius 3 is 2.44 bits per heavy atom. The van der Waals surface area contributed by atoms with E-state index in [4.69, 9.17) is 5.11 Å². The molecule has 0 unspecified atom stereocenters. The van der Waals surface area contributed by atoms with E-state index in [2.05, 4.69) is 4.90 Å². The van der Waals surface area contributed by atoms with Gasteiger partial charge in [-0.1, -0.05) is 0 Å². The molecule has 4 heteroatoms. The van der Waals surface area contributed by atoms with Crippen molar-refractivity contribution < 1.29 is 15.0 Å². The van der Waals surface area contributed by atoms with Gasteiger partial charge in [-0.25, -0.2) is 4.79 Å². The third kappa shape index (κ3) is 2.64. The SMILES string of the molecule is Cc1cc(N2CCC(C)(O)CC2)ccc1C(=O)O. The first-order valence-electron chi connectivity index (χ1n) is 6.20. The molecule has 1 aromatic carbocycles. The summed E-state index contributed by atoms with van der Waals surface area (Å²) in [5.74, 6) is -0.888. The zero-order valence-corrected chi connectivity index (χ0v) is 10.8. The van der Waals surface area contributed by atoms with E-state index in [9.17, 15) is 9.90 Å². The van der Waals surface area contributed by atoms with Crippen molar-refractivity contribution in [1.82, 2.24) is 0 Å². The lowest BCUT2D eigenvalue weighted by Gasteiger charge is -2.37. The molecule has 0 saturated carbocycles. The fourth-order valence-corrected chi connectivity index (χ4v) is 2.33. The normalized spacial score (nSPS) is 18.7. The number of benzene rings is 1. The second-order valence-electron chi connectivity index (χ2n) is 5.29. The van der Waals surface area contributed by atoms with Crippen molar-refractivity contribution in [2.75, 3.05) is 18.0 Å². The standard InChI is InChI=1S/C14H19NO3/c1-10-9-11(3-4-12(10)13(16)17)15-7-5-14(2,18)6-8-15/h3-4,9,18H,5-8H2,1-2H3,(H,16,17). The summed E-state index contributed by atoms with van der Waals surface area (Å²) in [7, 11) is 0. The third-order valence-electron chi connectivity index (χ3n) is 3.65. The smallest absolute Gasteiger partial charge is 0.335 e. The van der Waals surface area contributed by atoms with Gasteiger partial charge in [-0.05, 0) is 50.5 Å². The lowest BCUT2D eigenvalue weighted by Crippen LogP contribution is -2.42. The number of piperidine rings is 1. The molecule has 0 aliphatic carbocycles. The number of aryl methyl sites for hydroxylation is 1. The number of hydrogen-bond donors (Lipinski definition) is 2. The topological polar surface area (TPSA) is 60.8 Å². The van der Waals surface area contributed by atoms with Crippen LogP contribution in [0.4, 0.5) is 5.69 Å². The van der Waals surface area contributed by atoms with Gasteiger partial charge in [-0.3, -0.25) is 0 Å². The van der Waals surface area contributed by atoms with Crippen molar-refractivity contribution in [2.45, 2.75) is 32.3 Å². The molecule has 1 aromatic rings. The van der Waals surface area contributed by atoms with Gasteiger partial charge in [0.05, 0.1) is 11.2 Å². The van der Waals surface area contributed by atoms with Gasteiger partial charge in [-0.2, -0.15) is 0 Å². The summed E-state index contributed by atoms with van der Waals surface area (Å²) in [6, 6.07) is 5.40. The van der Waals surface area contributed by atoms with Crippen molar-refractivity contribution in [2.24, 2.45) is 0 Å². The molecule has 1 aliphatic heterocycles. The molecule has 2 N–H and O–H groups in total. The van der Waals surface area contributed by atoms with Crippen LogP contribution in [0, 0.1) is 6.92 Å². The molecule has 1 saturated heterocycles. The van der Waals surface area contributed by atoms with Crippen molar-refractivity contribution in [3.8, 4) is 0 Å². The minimum absolute atomic E-state index is 0.350. The highest BCUT2D eigenvalue weighted by Crippen LogP contribution is 2.27. The fourth-order valence-electron chi connectivity index (χ4n) is 2.33. The zero-order chi connectivity index (χ0) is 13.3. The molecule has 1 aliphatic rings. The van der Waals surface area contributed by atoms with Gasteiger partial charge in [-0.15, -0.1) is 0 Å². The number of anilines is 1. The van der Waals surface area contributed by atoms with E-state index >= 15 is 0 Å². The van der Waals surface area contributed by atoms with Gasteiger partial charge in [0.25, 0.3) is 0 Å². The van der Waals surface area contributed by atoms with Gasteiger partial charge in [0.15, 0.2) is 0 Å². The van der Waals surface area contributed by atoms with Crippen LogP contribution in [0.15, 0.2) is 18.2 Å². The quantitative estimate of drug-likeness (QED) is 0.842. The number of carboxylic acid groups (broad SMARTS) is 1. The first kappa shape index (κ1) is 12.9. The van der Waals surface area contributed by atoms with Crippen LogP contribution >= 0.6 is 0 Å². The van der Waals surface area contributed by atoms with E-state index in [1.165, 1.54) is 0 Å². The molecule has 0 bridgehead atoms. The van der Waals surface area contributed by atoms with Crippen LogP contribution < -0.4 is 4.90 Å². The Hall–Kier alpha value is -1.55. The molecular weight excluding hydrogens is 230 g/mol. The maximum absolute atomic E-state index is 10.9. The summed E-state index contributed by atoms with van der Waals surface area (Å²) in [5, 5.41) is 18.9. The van der Waals surface area contributed by atoms with E-state index in [-0.39, 0.29) is 0 Å². The summed E-state index contributed by atoms with van der Waals surface area (Å²) in [6.45, 7) is 5.29. The van der Waals surface area contributed by atoms with E-state index in [0.29, 0.717) is 5.56 Å². The number of carboxylic acids is 1. The molecule has 98 valence electrons. The first-order valence-corrected chi connectivity index (χ1v) is 6.20. The predicted molar refractivity (Wildman–Crippen MR) is 70.2 cm³/mol. The van der Waals surface area contributed by atoms with E-state index in [1.54, 1.807) is 6.07 Å². The largest absolute Gasteiger partial charge is 0.478 e. The highest BCUT2D eigenvalue weighted by molar-refractivity contribution is 5.89. The fraction of sp³-hybridized carbons (Fsp3) is 0.500. The number of aliphatic hydroxyl groups is 1. The maximum atomic E-state index is 10.9. The third-order valence-corrected chi connectivity index (χ3v) is 3.65. The molecular formula is C14H19NO3. The molecule has 0 spiro atoms. The molecule has 1 fully saturated rings. The van der Waals surface area contributed by atoms with Gasteiger partial charge in [0.1, 0.15) is 0 Å². The van der Waals surface area contributed by atoms with Crippen molar-refractivity contribution in [3.05, 3.63) is 29.3 Å². The number of hydrogen-bond acceptors (Lipinski definition) is 3. The molecule has 4 nitrogen and oxygen atoms in total. The highest BCUT2D eigenvalue weighted by Gasteiger charge is 2.27. The van der Waals surface area contributed by atoms with Gasteiger partial charge < -0.3 is 15.1 Å². The van der Waals surface area contributed by atoms with E-state index in [1.807, 2.05) is 26.0 Å². The van der Waals surface area contributed by atoms with Crippen LogP contribution in [0.3, 0.4) is 0 Å². The van der Waals surface area contributed by atoms with Gasteiger partial charge in [0.2, 0.25) is 0 Å². The van der Waals surface area contributed by atoms with E-state index < -0.39 is 11.6 Å². The Morgan fingerprint density at radius 2 is 1.94 bits per heavy atom. The summed E-state index contributed by atoms with van der Waals surface area (Å²) < 4.78 is 0. The molecule has 1 heterocycles. The summed E-state index contributed by atoms with van der Waals surface area (Å²) >= 11 is 0. The van der Waals surface area contributed by atoms with Crippen molar-refractivity contribution in [3.63, 3.8) is 0 Å². The lowest BCUT2D eigenvalue weighted by molar-refractivity contribution is 0.0351. The van der Waals surface area contributed by atoms with Crippen LogP contribution in [-0.2, 0) is 0 Å². The van der Waals surface area contributed by atoms with Crippen LogP contribution in [0.1, 0.15) is 35.7 Å². The molecule has 18 heavy (non-hydrogen) atoms. The lowest BCUT2D eigenvalue weighted by atomic mass is 9.93. The molecule has 0 radical (unpaired) electrons. The zero-order valence-electron chi connectivity index (χ0n) is 10.8. The average Bonchev–Trinajstić information content (AvgIpc) is 2.28. The summed E-state index contributed by atoms with van der Waals surface area (Å²) in [5.41, 5.74) is 1.60. The number of carbonyl (C=O) groups is 1. The molecule has 2 rings (SSSR count). The Kier molecular flexibility index (Phi) is 3.30. The Morgan fingerprint density at radius 1 is 1.33 bits per heavy atom. The molecule has 0 aromatic heterocycles. The average molecular weight is 249 g/mol. The summed E-state index contributed by atoms with van der Waals surface area (Å²) in [6.07, 6.45) is 1.49. The van der Waals surface area contributed by atoms with Crippen molar-refractivity contribution in [1.29, 1.82) is 0 Å². The van der Waals surface area contributed by atoms with Crippen LogP contribution in [0.25, 0.3) is 0 Å². The van der Waals surface area contributed by atoms with Gasteiger partial charge in [0, 0.05) is 18.8 Å². The van der Waals surface area contributed by atoms with Crippen LogP contribution in [0.5, 0.6) is 0 Å². The van der Waals surface area contributed by atoms with Gasteiger partial charge >= 0.3 is 5.97 Å². The Balaban J connectivity index is 2.16. The van der Waals surface area contributed by atoms with Crippen LogP contribution in [-0.4, -0.2) is 34.9 Å². The number of aromatic carboxylic acids is 1. The second-order valence-corrected chi connectivity index (χ2v) is 5.29. The number of rotatable bonds is 2. The van der Waals surface area contributed by atoms with Crippen LogP contribution in [0.2, 0.25) is 0 Å². The predicted octanol–water partition coefficient (Wildman–Crippen LogP) is 2.04. The van der Waals surface area contributed by atoms with Crippen molar-refractivity contribution >= 4 is 11.7 Å². The minimum Gasteiger partial charge on any atom is -0.478 e. The summed E-state index contributed by atoms with van der Waals surface area (Å²) in [4.78, 5) is 13.1. The number of nitrogens with zero attached hydrogens (tertiary/aromatic N) is 1. The Bertz CT molecular complexity index is 458.